The molecule has 2 N–H and O–H groups in total. The summed E-state index contributed by atoms with van der Waals surface area (Å²) in [4.78, 5) is 25.6. The van der Waals surface area contributed by atoms with Crippen LogP contribution in [0.4, 0.5) is 5.95 Å². The predicted octanol–water partition coefficient (Wildman–Crippen LogP) is 2.66. The third-order valence-electron chi connectivity index (χ3n) is 6.41. The zero-order chi connectivity index (χ0) is 23.4. The van der Waals surface area contributed by atoms with Gasteiger partial charge in [-0.25, -0.2) is 4.98 Å². The van der Waals surface area contributed by atoms with E-state index in [0.717, 1.165) is 12.1 Å². The van der Waals surface area contributed by atoms with Crippen LogP contribution in [0.5, 0.6) is 5.88 Å². The number of alkyl halides is 1. The quantitative estimate of drug-likeness (QED) is 0.592. The maximum Gasteiger partial charge on any atom is 0.236 e. The van der Waals surface area contributed by atoms with Crippen LogP contribution in [0.25, 0.3) is 0 Å². The molecule has 10 heteroatoms. The Morgan fingerprint density at radius 2 is 2.18 bits per heavy atom. The zero-order valence-electron chi connectivity index (χ0n) is 18.6. The summed E-state index contributed by atoms with van der Waals surface area (Å²) >= 11 is 6.69. The Kier molecular flexibility index (Phi) is 7.26. The van der Waals surface area contributed by atoms with E-state index in [1.165, 1.54) is 13.3 Å². The summed E-state index contributed by atoms with van der Waals surface area (Å²) in [5.41, 5.74) is 1.11. The van der Waals surface area contributed by atoms with Gasteiger partial charge in [0.25, 0.3) is 0 Å². The molecule has 2 fully saturated rings. The van der Waals surface area contributed by atoms with Gasteiger partial charge in [0.2, 0.25) is 17.7 Å². The molecule has 2 aromatic rings. The molecule has 3 heterocycles. The van der Waals surface area contributed by atoms with Gasteiger partial charge in [0.1, 0.15) is 11.6 Å². The van der Waals surface area contributed by atoms with Crippen LogP contribution in [0.3, 0.4) is 0 Å². The van der Waals surface area contributed by atoms with E-state index < -0.39 is 0 Å². The number of pyridine rings is 1. The maximum atomic E-state index is 12.9. The van der Waals surface area contributed by atoms with Crippen LogP contribution in [0.1, 0.15) is 37.4 Å². The average Bonchev–Trinajstić information content (AvgIpc) is 2.83. The van der Waals surface area contributed by atoms with Crippen LogP contribution in [0.2, 0.25) is 0 Å². The summed E-state index contributed by atoms with van der Waals surface area (Å²) in [6.07, 6.45) is 5.17. The van der Waals surface area contributed by atoms with E-state index >= 15 is 0 Å². The van der Waals surface area contributed by atoms with Gasteiger partial charge in [-0.15, -0.1) is 11.6 Å². The van der Waals surface area contributed by atoms with Gasteiger partial charge in [-0.3, -0.25) is 9.78 Å². The van der Waals surface area contributed by atoms with Gasteiger partial charge in [0.05, 0.1) is 43.0 Å². The molecular formula is C23H27ClN6O3. The second kappa shape index (κ2) is 10.3. The molecule has 33 heavy (non-hydrogen) atoms. The minimum atomic E-state index is -0.258. The molecule has 0 spiro atoms. The fraction of sp³-hybridized carbons (Fsp3) is 0.522. The number of anilines is 1. The van der Waals surface area contributed by atoms with Crippen LogP contribution < -0.4 is 15.4 Å². The number of rotatable bonds is 7. The third-order valence-corrected chi connectivity index (χ3v) is 6.87. The first kappa shape index (κ1) is 23.2. The number of carbonyl (C=O) groups is 1. The highest BCUT2D eigenvalue weighted by molar-refractivity contribution is 6.21. The van der Waals surface area contributed by atoms with E-state index in [1.54, 1.807) is 6.20 Å². The van der Waals surface area contributed by atoms with E-state index in [1.807, 2.05) is 31.2 Å². The fourth-order valence-electron chi connectivity index (χ4n) is 4.61. The lowest BCUT2D eigenvalue weighted by molar-refractivity contribution is -0.131. The number of aromatic nitrogens is 3. The van der Waals surface area contributed by atoms with Crippen molar-refractivity contribution in [3.63, 3.8) is 0 Å². The number of nitrogens with zero attached hydrogens (tertiary/aromatic N) is 4. The molecule has 1 aliphatic carbocycles. The summed E-state index contributed by atoms with van der Waals surface area (Å²) in [6, 6.07) is 7.53. The summed E-state index contributed by atoms with van der Waals surface area (Å²) in [7, 11) is 1.45. The number of carbonyl (C=O) groups excluding carboxylic acids is 1. The van der Waals surface area contributed by atoms with Crippen molar-refractivity contribution in [2.24, 2.45) is 11.8 Å². The SMILES string of the molecule is COc1nc(N[C@@H](C)C2CC3CC(Cl)C(OCc4ccccn4)CC3NC2=O)ncc1C#N. The molecule has 2 aromatic heterocycles. The van der Waals surface area contributed by atoms with Crippen LogP contribution in [-0.2, 0) is 16.1 Å². The van der Waals surface area contributed by atoms with Crippen LogP contribution in [0, 0.1) is 23.2 Å². The molecule has 4 rings (SSSR count). The zero-order valence-corrected chi connectivity index (χ0v) is 19.3. The van der Waals surface area contributed by atoms with Crippen LogP contribution in [-0.4, -0.2) is 51.5 Å². The van der Waals surface area contributed by atoms with E-state index in [-0.39, 0.29) is 52.8 Å². The van der Waals surface area contributed by atoms with Crippen LogP contribution >= 0.6 is 11.6 Å². The Labute approximate surface area is 197 Å². The van der Waals surface area contributed by atoms with Crippen molar-refractivity contribution in [1.82, 2.24) is 20.3 Å². The number of hydrogen-bond acceptors (Lipinski definition) is 8. The number of piperidine rings is 1. The predicted molar refractivity (Wildman–Crippen MR) is 122 cm³/mol. The molecular weight excluding hydrogens is 444 g/mol. The Morgan fingerprint density at radius 3 is 2.91 bits per heavy atom. The monoisotopic (exact) mass is 470 g/mol. The molecule has 6 atom stereocenters. The summed E-state index contributed by atoms with van der Waals surface area (Å²) in [5.74, 6) is 0.518. The molecule has 1 amide bonds. The van der Waals surface area contributed by atoms with Gasteiger partial charge in [-0.1, -0.05) is 6.07 Å². The maximum absolute atomic E-state index is 12.9. The Balaban J connectivity index is 1.36. The largest absolute Gasteiger partial charge is 0.480 e. The number of nitriles is 1. The minimum absolute atomic E-state index is 0.00615. The second-order valence-electron chi connectivity index (χ2n) is 8.54. The lowest BCUT2D eigenvalue weighted by Gasteiger charge is -2.45. The van der Waals surface area contributed by atoms with Crippen molar-refractivity contribution in [3.05, 3.63) is 41.9 Å². The normalized spacial score (nSPS) is 27.6. The van der Waals surface area contributed by atoms with Crippen molar-refractivity contribution in [2.45, 2.75) is 56.4 Å². The molecule has 9 nitrogen and oxygen atoms in total. The highest BCUT2D eigenvalue weighted by Gasteiger charge is 2.44. The van der Waals surface area contributed by atoms with Gasteiger partial charge in [-0.05, 0) is 44.2 Å². The lowest BCUT2D eigenvalue weighted by atomic mass is 9.73. The minimum Gasteiger partial charge on any atom is -0.480 e. The van der Waals surface area contributed by atoms with Crippen LogP contribution in [0.15, 0.2) is 30.6 Å². The average molecular weight is 471 g/mol. The summed E-state index contributed by atoms with van der Waals surface area (Å²) in [5, 5.41) is 15.3. The molecule has 0 bridgehead atoms. The second-order valence-corrected chi connectivity index (χ2v) is 9.10. The van der Waals surface area contributed by atoms with E-state index in [2.05, 4.69) is 25.6 Å². The molecule has 0 aromatic carbocycles. The van der Waals surface area contributed by atoms with Crippen molar-refractivity contribution < 1.29 is 14.3 Å². The number of nitrogens with one attached hydrogen (secondary N) is 2. The summed E-state index contributed by atoms with van der Waals surface area (Å²) in [6.45, 7) is 2.33. The van der Waals surface area contributed by atoms with Crippen molar-refractivity contribution in [1.29, 1.82) is 5.26 Å². The third kappa shape index (κ3) is 5.34. The van der Waals surface area contributed by atoms with Gasteiger partial charge in [0, 0.05) is 18.3 Å². The summed E-state index contributed by atoms with van der Waals surface area (Å²) < 4.78 is 11.2. The van der Waals surface area contributed by atoms with Gasteiger partial charge in [-0.2, -0.15) is 10.2 Å². The smallest absolute Gasteiger partial charge is 0.236 e. The van der Waals surface area contributed by atoms with Crippen molar-refractivity contribution in [2.75, 3.05) is 12.4 Å². The van der Waals surface area contributed by atoms with Crippen molar-refractivity contribution >= 4 is 23.5 Å². The van der Waals surface area contributed by atoms with E-state index in [9.17, 15) is 4.79 Å². The Morgan fingerprint density at radius 1 is 1.33 bits per heavy atom. The first-order valence-corrected chi connectivity index (χ1v) is 11.5. The van der Waals surface area contributed by atoms with E-state index in [4.69, 9.17) is 26.3 Å². The molecule has 1 saturated heterocycles. The number of halogens is 1. The lowest BCUT2D eigenvalue weighted by Crippen LogP contribution is -2.57. The number of methoxy groups -OCH3 is 1. The first-order chi connectivity index (χ1) is 16.0. The topological polar surface area (TPSA) is 122 Å². The fourth-order valence-corrected chi connectivity index (χ4v) is 5.01. The number of hydrogen-bond donors (Lipinski definition) is 2. The van der Waals surface area contributed by atoms with Gasteiger partial charge < -0.3 is 20.1 Å². The molecule has 1 aliphatic heterocycles. The standard InChI is InChI=1S/C23H27ClN6O3/c1-13(28-23-27-11-15(10-25)22(30-23)32-2)17-7-14-8-18(24)20(9-19(14)29-21(17)31)33-12-16-5-3-4-6-26-16/h3-6,11,13-14,17-20H,7-9,12H2,1-2H3,(H,29,31)(H,27,28,30)/t13-,14?,17?,18?,19?,20?/m0/s1. The van der Waals surface area contributed by atoms with E-state index in [0.29, 0.717) is 25.4 Å². The number of amides is 1. The Hall–Kier alpha value is -2.96. The number of ether oxygens (including phenoxy) is 2. The van der Waals surface area contributed by atoms with Gasteiger partial charge in [0.15, 0.2) is 0 Å². The van der Waals surface area contributed by atoms with Crippen molar-refractivity contribution in [3.8, 4) is 11.9 Å². The first-order valence-electron chi connectivity index (χ1n) is 11.0. The van der Waals surface area contributed by atoms with Gasteiger partial charge >= 0.3 is 0 Å². The molecule has 0 radical (unpaired) electrons. The molecule has 1 saturated carbocycles. The highest BCUT2D eigenvalue weighted by Crippen LogP contribution is 2.38. The number of fused-ring (bicyclic) bond motifs is 1. The molecule has 174 valence electrons. The molecule has 5 unspecified atom stereocenters. The molecule has 2 aliphatic rings. The Bertz CT molecular complexity index is 1020. The highest BCUT2D eigenvalue weighted by atomic mass is 35.5.